The van der Waals surface area contributed by atoms with Crippen LogP contribution in [0.3, 0.4) is 0 Å². The fraction of sp³-hybridized carbons (Fsp3) is 0.538. The van der Waals surface area contributed by atoms with Crippen molar-refractivity contribution in [1.82, 2.24) is 5.32 Å². The standard InChI is InChI=1S/C13H17ClFNS2/c1-2-16-13(12-8-17-5-6-18-12)10-7-9(15)3-4-11(10)14/h3-4,7,12-13,16H,2,5-6,8H2,1H3. The summed E-state index contributed by atoms with van der Waals surface area (Å²) in [5.41, 5.74) is 0.888. The Kier molecular flexibility index (Phi) is 5.67. The molecule has 0 aromatic heterocycles. The number of hydrogen-bond donors (Lipinski definition) is 1. The minimum Gasteiger partial charge on any atom is -0.309 e. The second-order valence-electron chi connectivity index (χ2n) is 4.19. The highest BCUT2D eigenvalue weighted by Crippen LogP contribution is 2.36. The van der Waals surface area contributed by atoms with Crippen LogP contribution in [0.1, 0.15) is 18.5 Å². The lowest BCUT2D eigenvalue weighted by molar-refractivity contribution is 0.543. The highest BCUT2D eigenvalue weighted by Gasteiger charge is 2.27. The molecule has 100 valence electrons. The van der Waals surface area contributed by atoms with Gasteiger partial charge in [-0.25, -0.2) is 4.39 Å². The molecule has 1 aromatic carbocycles. The molecule has 1 saturated heterocycles. The van der Waals surface area contributed by atoms with Crippen LogP contribution in [0.2, 0.25) is 5.02 Å². The van der Waals surface area contributed by atoms with E-state index in [4.69, 9.17) is 11.6 Å². The molecule has 0 aliphatic carbocycles. The molecule has 2 unspecified atom stereocenters. The molecule has 0 bridgehead atoms. The first-order valence-corrected chi connectivity index (χ1v) is 8.68. The van der Waals surface area contributed by atoms with Gasteiger partial charge in [0.05, 0.1) is 0 Å². The smallest absolute Gasteiger partial charge is 0.123 e. The number of rotatable bonds is 4. The Balaban J connectivity index is 2.24. The molecule has 1 aromatic rings. The van der Waals surface area contributed by atoms with Gasteiger partial charge in [-0.15, -0.1) is 0 Å². The highest BCUT2D eigenvalue weighted by atomic mass is 35.5. The fourth-order valence-electron chi connectivity index (χ4n) is 2.11. The monoisotopic (exact) mass is 305 g/mol. The summed E-state index contributed by atoms with van der Waals surface area (Å²) in [5.74, 6) is 3.24. The first-order valence-electron chi connectivity index (χ1n) is 6.10. The number of hydrogen-bond acceptors (Lipinski definition) is 3. The van der Waals surface area contributed by atoms with Crippen LogP contribution in [0.25, 0.3) is 0 Å². The van der Waals surface area contributed by atoms with Gasteiger partial charge in [0.2, 0.25) is 0 Å². The summed E-state index contributed by atoms with van der Waals surface area (Å²) in [4.78, 5) is 0. The SMILES string of the molecule is CCNC(c1cc(F)ccc1Cl)C1CSCCS1. The van der Waals surface area contributed by atoms with Gasteiger partial charge < -0.3 is 5.32 Å². The van der Waals surface area contributed by atoms with Crippen LogP contribution in [-0.2, 0) is 0 Å². The number of thioether (sulfide) groups is 2. The predicted octanol–water partition coefficient (Wildman–Crippen LogP) is 3.98. The number of nitrogens with one attached hydrogen (secondary N) is 1. The van der Waals surface area contributed by atoms with Crippen LogP contribution >= 0.6 is 35.1 Å². The third-order valence-electron chi connectivity index (χ3n) is 2.93. The van der Waals surface area contributed by atoms with Crippen molar-refractivity contribution in [2.75, 3.05) is 23.8 Å². The van der Waals surface area contributed by atoms with Crippen LogP contribution in [-0.4, -0.2) is 29.1 Å². The maximum atomic E-state index is 13.4. The lowest BCUT2D eigenvalue weighted by Gasteiger charge is -2.31. The number of halogens is 2. The maximum Gasteiger partial charge on any atom is 0.123 e. The summed E-state index contributed by atoms with van der Waals surface area (Å²) < 4.78 is 13.4. The van der Waals surface area contributed by atoms with E-state index in [1.54, 1.807) is 12.1 Å². The average Bonchev–Trinajstić information content (AvgIpc) is 2.40. The van der Waals surface area contributed by atoms with Gasteiger partial charge in [0.15, 0.2) is 0 Å². The van der Waals surface area contributed by atoms with E-state index in [9.17, 15) is 4.39 Å². The first kappa shape index (κ1) is 14.5. The summed E-state index contributed by atoms with van der Waals surface area (Å²) in [6.07, 6.45) is 0. The Morgan fingerprint density at radius 1 is 1.50 bits per heavy atom. The zero-order chi connectivity index (χ0) is 13.0. The molecule has 0 spiro atoms. The van der Waals surface area contributed by atoms with E-state index in [2.05, 4.69) is 12.2 Å². The van der Waals surface area contributed by atoms with Crippen LogP contribution < -0.4 is 5.32 Å². The van der Waals surface area contributed by atoms with Gasteiger partial charge in [0, 0.05) is 33.6 Å². The zero-order valence-corrected chi connectivity index (χ0v) is 12.7. The third-order valence-corrected chi connectivity index (χ3v) is 6.14. The van der Waals surface area contributed by atoms with E-state index in [0.29, 0.717) is 10.3 Å². The highest BCUT2D eigenvalue weighted by molar-refractivity contribution is 8.06. The van der Waals surface area contributed by atoms with E-state index in [1.165, 1.54) is 11.8 Å². The van der Waals surface area contributed by atoms with Gasteiger partial charge in [-0.2, -0.15) is 23.5 Å². The lowest BCUT2D eigenvalue weighted by atomic mass is 10.0. The molecule has 1 aliphatic heterocycles. The first-order chi connectivity index (χ1) is 8.72. The topological polar surface area (TPSA) is 12.0 Å². The minimum atomic E-state index is -0.217. The van der Waals surface area contributed by atoms with Crippen molar-refractivity contribution in [3.63, 3.8) is 0 Å². The van der Waals surface area contributed by atoms with E-state index < -0.39 is 0 Å². The molecular formula is C13H17ClFNS2. The molecule has 2 rings (SSSR count). The van der Waals surface area contributed by atoms with Gasteiger partial charge in [-0.1, -0.05) is 18.5 Å². The van der Waals surface area contributed by atoms with Crippen molar-refractivity contribution in [2.24, 2.45) is 0 Å². The maximum absolute atomic E-state index is 13.4. The van der Waals surface area contributed by atoms with Crippen LogP contribution in [0.4, 0.5) is 4.39 Å². The fourth-order valence-corrected chi connectivity index (χ4v) is 5.21. The Labute approximate surface area is 121 Å². The normalized spacial score (nSPS) is 21.8. The van der Waals surface area contributed by atoms with Crippen molar-refractivity contribution < 1.29 is 4.39 Å². The van der Waals surface area contributed by atoms with Gasteiger partial charge in [-0.3, -0.25) is 0 Å². The molecule has 2 atom stereocenters. The molecule has 18 heavy (non-hydrogen) atoms. The Morgan fingerprint density at radius 3 is 3.00 bits per heavy atom. The van der Waals surface area contributed by atoms with E-state index in [0.717, 1.165) is 23.6 Å². The largest absolute Gasteiger partial charge is 0.309 e. The molecule has 1 heterocycles. The molecular weight excluding hydrogens is 289 g/mol. The zero-order valence-electron chi connectivity index (χ0n) is 10.3. The Bertz CT molecular complexity index is 397. The summed E-state index contributed by atoms with van der Waals surface area (Å²) in [5, 5.41) is 4.56. The van der Waals surface area contributed by atoms with Crippen molar-refractivity contribution in [1.29, 1.82) is 0 Å². The molecule has 1 fully saturated rings. The third kappa shape index (κ3) is 3.56. The average molecular weight is 306 g/mol. The van der Waals surface area contributed by atoms with Crippen molar-refractivity contribution >= 4 is 35.1 Å². The molecule has 1 N–H and O–H groups in total. The Hall–Kier alpha value is 0.1000. The quantitative estimate of drug-likeness (QED) is 0.904. The lowest BCUT2D eigenvalue weighted by Crippen LogP contribution is -2.33. The molecule has 0 amide bonds. The van der Waals surface area contributed by atoms with Crippen molar-refractivity contribution in [3.8, 4) is 0 Å². The molecule has 5 heteroatoms. The van der Waals surface area contributed by atoms with E-state index in [-0.39, 0.29) is 11.9 Å². The van der Waals surface area contributed by atoms with Crippen molar-refractivity contribution in [2.45, 2.75) is 18.2 Å². The second-order valence-corrected chi connectivity index (χ2v) is 7.09. The van der Waals surface area contributed by atoms with Gasteiger partial charge >= 0.3 is 0 Å². The van der Waals surface area contributed by atoms with Gasteiger partial charge in [-0.05, 0) is 30.3 Å². The van der Waals surface area contributed by atoms with Gasteiger partial charge in [0.1, 0.15) is 5.82 Å². The van der Waals surface area contributed by atoms with E-state index >= 15 is 0 Å². The summed E-state index contributed by atoms with van der Waals surface area (Å²) >= 11 is 10.1. The van der Waals surface area contributed by atoms with Crippen LogP contribution in [0, 0.1) is 5.82 Å². The molecule has 1 aliphatic rings. The summed E-state index contributed by atoms with van der Waals surface area (Å²) in [6.45, 7) is 2.93. The molecule has 0 saturated carbocycles. The molecule has 0 radical (unpaired) electrons. The predicted molar refractivity (Wildman–Crippen MR) is 81.4 cm³/mol. The second kappa shape index (κ2) is 7.04. The number of benzene rings is 1. The summed E-state index contributed by atoms with van der Waals surface area (Å²) in [7, 11) is 0. The van der Waals surface area contributed by atoms with E-state index in [1.807, 2.05) is 23.5 Å². The Morgan fingerprint density at radius 2 is 2.33 bits per heavy atom. The van der Waals surface area contributed by atoms with Crippen LogP contribution in [0.15, 0.2) is 18.2 Å². The molecule has 1 nitrogen and oxygen atoms in total. The van der Waals surface area contributed by atoms with Crippen molar-refractivity contribution in [3.05, 3.63) is 34.6 Å². The minimum absolute atomic E-state index is 0.135. The van der Waals surface area contributed by atoms with Crippen LogP contribution in [0.5, 0.6) is 0 Å². The summed E-state index contributed by atoms with van der Waals surface area (Å²) in [6, 6.07) is 4.76. The van der Waals surface area contributed by atoms with Gasteiger partial charge in [0.25, 0.3) is 0 Å².